The summed E-state index contributed by atoms with van der Waals surface area (Å²) in [5.41, 5.74) is 4.35. The minimum atomic E-state index is 0.0540. The maximum absolute atomic E-state index is 12.7. The van der Waals surface area contributed by atoms with Crippen LogP contribution < -0.4 is 0 Å². The molecule has 3 heterocycles. The number of aromatic nitrogens is 2. The van der Waals surface area contributed by atoms with Gasteiger partial charge in [-0.1, -0.05) is 28.1 Å². The first-order valence-corrected chi connectivity index (χ1v) is 8.14. The summed E-state index contributed by atoms with van der Waals surface area (Å²) < 4.78 is 3.06. The average Bonchev–Trinajstić information content (AvgIpc) is 3.08. The van der Waals surface area contributed by atoms with E-state index in [0.717, 1.165) is 36.8 Å². The molecule has 1 amide bonds. The predicted molar refractivity (Wildman–Crippen MR) is 83.1 cm³/mol. The molecule has 21 heavy (non-hydrogen) atoms. The Bertz CT molecular complexity index is 701. The molecular formula is C16H16BrN3O. The molecule has 0 radical (unpaired) electrons. The molecule has 4 rings (SSSR count). The molecule has 2 aliphatic rings. The minimum absolute atomic E-state index is 0.0540. The quantitative estimate of drug-likeness (QED) is 0.796. The van der Waals surface area contributed by atoms with E-state index in [9.17, 15) is 4.79 Å². The highest BCUT2D eigenvalue weighted by atomic mass is 79.9. The topological polar surface area (TPSA) is 38.1 Å². The molecule has 0 N–H and O–H groups in total. The second-order valence-electron chi connectivity index (χ2n) is 5.70. The maximum Gasteiger partial charge on any atom is 0.274 e. The lowest BCUT2D eigenvalue weighted by Crippen LogP contribution is -2.36. The number of rotatable bonds is 1. The van der Waals surface area contributed by atoms with Gasteiger partial charge >= 0.3 is 0 Å². The van der Waals surface area contributed by atoms with Crippen molar-refractivity contribution in [2.75, 3.05) is 6.54 Å². The molecule has 2 aliphatic heterocycles. The fourth-order valence-corrected chi connectivity index (χ4v) is 3.77. The molecule has 0 aliphatic carbocycles. The molecule has 108 valence electrons. The number of hydrogen-bond acceptors (Lipinski definition) is 2. The van der Waals surface area contributed by atoms with Gasteiger partial charge in [-0.15, -0.1) is 0 Å². The lowest BCUT2D eigenvalue weighted by atomic mass is 9.99. The van der Waals surface area contributed by atoms with Gasteiger partial charge in [-0.2, -0.15) is 5.10 Å². The molecule has 1 aromatic heterocycles. The molecule has 1 aromatic carbocycles. The van der Waals surface area contributed by atoms with E-state index in [-0.39, 0.29) is 5.91 Å². The fraction of sp³-hybridized carbons (Fsp3) is 0.375. The Morgan fingerprint density at radius 1 is 1.24 bits per heavy atom. The smallest absolute Gasteiger partial charge is 0.274 e. The third kappa shape index (κ3) is 2.20. The summed E-state index contributed by atoms with van der Waals surface area (Å²) in [7, 11) is 0. The second kappa shape index (κ2) is 4.98. The summed E-state index contributed by atoms with van der Waals surface area (Å²) in [6.07, 6.45) is 3.09. The molecule has 0 fully saturated rings. The number of fused-ring (bicyclic) bond motifs is 2. The van der Waals surface area contributed by atoms with E-state index in [1.54, 1.807) is 0 Å². The van der Waals surface area contributed by atoms with Crippen LogP contribution in [0.5, 0.6) is 0 Å². The fourth-order valence-electron chi connectivity index (χ4n) is 3.24. The van der Waals surface area contributed by atoms with E-state index in [2.05, 4.69) is 33.2 Å². The van der Waals surface area contributed by atoms with Crippen molar-refractivity contribution in [2.24, 2.45) is 0 Å². The summed E-state index contributed by atoms with van der Waals surface area (Å²) in [6.45, 7) is 2.37. The largest absolute Gasteiger partial charge is 0.333 e. The molecule has 0 saturated carbocycles. The zero-order chi connectivity index (χ0) is 14.4. The van der Waals surface area contributed by atoms with Crippen LogP contribution in [-0.2, 0) is 25.9 Å². The van der Waals surface area contributed by atoms with Crippen LogP contribution in [0.2, 0.25) is 0 Å². The predicted octanol–water partition coefficient (Wildman–Crippen LogP) is 2.79. The summed E-state index contributed by atoms with van der Waals surface area (Å²) in [4.78, 5) is 14.6. The minimum Gasteiger partial charge on any atom is -0.333 e. The Hall–Kier alpha value is -1.62. The SMILES string of the molecule is O=C(c1cc2n(n1)CCC2)N1CCc2cccc(Br)c2C1. The van der Waals surface area contributed by atoms with Crippen molar-refractivity contribution in [3.63, 3.8) is 0 Å². The van der Waals surface area contributed by atoms with E-state index in [4.69, 9.17) is 0 Å². The van der Waals surface area contributed by atoms with Gasteiger partial charge in [0.2, 0.25) is 0 Å². The molecule has 2 aromatic rings. The molecular weight excluding hydrogens is 330 g/mol. The second-order valence-corrected chi connectivity index (χ2v) is 6.56. The van der Waals surface area contributed by atoms with Crippen molar-refractivity contribution in [1.82, 2.24) is 14.7 Å². The van der Waals surface area contributed by atoms with E-state index in [0.29, 0.717) is 12.2 Å². The standard InChI is InChI=1S/C16H16BrN3O/c17-14-5-1-3-11-6-8-19(10-13(11)14)16(21)15-9-12-4-2-7-20(12)18-15/h1,3,5,9H,2,4,6-8,10H2. The Labute approximate surface area is 131 Å². The zero-order valence-electron chi connectivity index (χ0n) is 11.7. The first kappa shape index (κ1) is 13.1. The highest BCUT2D eigenvalue weighted by Crippen LogP contribution is 2.27. The van der Waals surface area contributed by atoms with Crippen molar-refractivity contribution >= 4 is 21.8 Å². The Kier molecular flexibility index (Phi) is 3.10. The normalized spacial score (nSPS) is 16.7. The van der Waals surface area contributed by atoms with E-state index in [1.165, 1.54) is 16.8 Å². The summed E-state index contributed by atoms with van der Waals surface area (Å²) in [6, 6.07) is 8.20. The van der Waals surface area contributed by atoms with Gasteiger partial charge in [0.25, 0.3) is 5.91 Å². The van der Waals surface area contributed by atoms with Crippen LogP contribution in [0, 0.1) is 0 Å². The maximum atomic E-state index is 12.7. The van der Waals surface area contributed by atoms with E-state index >= 15 is 0 Å². The third-order valence-electron chi connectivity index (χ3n) is 4.39. The molecule has 4 nitrogen and oxygen atoms in total. The van der Waals surface area contributed by atoms with Crippen LogP contribution in [0.1, 0.15) is 33.7 Å². The van der Waals surface area contributed by atoms with Crippen LogP contribution >= 0.6 is 15.9 Å². The zero-order valence-corrected chi connectivity index (χ0v) is 13.3. The van der Waals surface area contributed by atoms with E-state index in [1.807, 2.05) is 21.7 Å². The number of benzene rings is 1. The molecule has 0 spiro atoms. The van der Waals surface area contributed by atoms with Gasteiger partial charge in [0.15, 0.2) is 5.69 Å². The van der Waals surface area contributed by atoms with Crippen LogP contribution in [0.3, 0.4) is 0 Å². The monoisotopic (exact) mass is 345 g/mol. The summed E-state index contributed by atoms with van der Waals surface area (Å²) in [5.74, 6) is 0.0540. The van der Waals surface area contributed by atoms with Crippen molar-refractivity contribution < 1.29 is 4.79 Å². The summed E-state index contributed by atoms with van der Waals surface area (Å²) >= 11 is 3.59. The average molecular weight is 346 g/mol. The first-order chi connectivity index (χ1) is 10.2. The lowest BCUT2D eigenvalue weighted by Gasteiger charge is -2.29. The van der Waals surface area contributed by atoms with Crippen LogP contribution in [0.15, 0.2) is 28.7 Å². The van der Waals surface area contributed by atoms with Gasteiger partial charge in [0, 0.05) is 29.8 Å². The number of carbonyl (C=O) groups excluding carboxylic acids is 1. The van der Waals surface area contributed by atoms with Crippen molar-refractivity contribution in [3.05, 3.63) is 51.3 Å². The third-order valence-corrected chi connectivity index (χ3v) is 5.13. The Balaban J connectivity index is 1.60. The lowest BCUT2D eigenvalue weighted by molar-refractivity contribution is 0.0727. The number of carbonyl (C=O) groups is 1. The van der Waals surface area contributed by atoms with Crippen molar-refractivity contribution in [1.29, 1.82) is 0 Å². The van der Waals surface area contributed by atoms with Crippen molar-refractivity contribution in [3.8, 4) is 0 Å². The van der Waals surface area contributed by atoms with Gasteiger partial charge in [-0.05, 0) is 42.5 Å². The van der Waals surface area contributed by atoms with Crippen LogP contribution in [0.4, 0.5) is 0 Å². The summed E-state index contributed by atoms with van der Waals surface area (Å²) in [5, 5.41) is 4.46. The number of nitrogens with zero attached hydrogens (tertiary/aromatic N) is 3. The molecule has 5 heteroatoms. The van der Waals surface area contributed by atoms with Crippen LogP contribution in [0.25, 0.3) is 0 Å². The Morgan fingerprint density at radius 3 is 3.00 bits per heavy atom. The number of halogens is 1. The first-order valence-electron chi connectivity index (χ1n) is 7.34. The highest BCUT2D eigenvalue weighted by Gasteiger charge is 2.26. The van der Waals surface area contributed by atoms with Gasteiger partial charge in [-0.3, -0.25) is 9.48 Å². The van der Waals surface area contributed by atoms with Crippen molar-refractivity contribution in [2.45, 2.75) is 32.4 Å². The van der Waals surface area contributed by atoms with Crippen LogP contribution in [-0.4, -0.2) is 27.1 Å². The number of amides is 1. The van der Waals surface area contributed by atoms with E-state index < -0.39 is 0 Å². The number of aryl methyl sites for hydroxylation is 2. The number of hydrogen-bond donors (Lipinski definition) is 0. The molecule has 0 atom stereocenters. The van der Waals surface area contributed by atoms with Gasteiger partial charge in [0.05, 0.1) is 0 Å². The highest BCUT2D eigenvalue weighted by molar-refractivity contribution is 9.10. The Morgan fingerprint density at radius 2 is 2.14 bits per heavy atom. The molecule has 0 unspecified atom stereocenters. The van der Waals surface area contributed by atoms with Gasteiger partial charge in [0.1, 0.15) is 0 Å². The molecule has 0 bridgehead atoms. The molecule has 0 saturated heterocycles. The van der Waals surface area contributed by atoms with Gasteiger partial charge in [-0.25, -0.2) is 0 Å². The van der Waals surface area contributed by atoms with Gasteiger partial charge < -0.3 is 4.90 Å².